The van der Waals surface area contributed by atoms with E-state index in [1.165, 1.54) is 0 Å². The molecule has 0 aliphatic rings. The Labute approximate surface area is 73.4 Å². The Balaban J connectivity index is 3.01. The van der Waals surface area contributed by atoms with Crippen LogP contribution in [0.4, 0.5) is 8.78 Å². The van der Waals surface area contributed by atoms with Gasteiger partial charge in [-0.3, -0.25) is 0 Å². The van der Waals surface area contributed by atoms with Crippen molar-refractivity contribution in [2.45, 2.75) is 6.92 Å². The van der Waals surface area contributed by atoms with Gasteiger partial charge in [-0.25, -0.2) is 18.6 Å². The molecule has 0 saturated carbocycles. The molecule has 0 N–H and O–H groups in total. The number of ether oxygens (including phenoxy) is 1. The van der Waals surface area contributed by atoms with Gasteiger partial charge < -0.3 is 4.74 Å². The maximum atomic E-state index is 12.8. The number of esters is 1. The highest BCUT2D eigenvalue weighted by atomic mass is 19.2. The first-order chi connectivity index (χ1) is 6.16. The zero-order chi connectivity index (χ0) is 9.84. The first-order valence-corrected chi connectivity index (χ1v) is 3.64. The number of hydrogen-bond donors (Lipinski definition) is 0. The quantitative estimate of drug-likeness (QED) is 0.659. The molecule has 0 radical (unpaired) electrons. The maximum Gasteiger partial charge on any atom is 0.360 e. The van der Waals surface area contributed by atoms with E-state index in [1.807, 2.05) is 0 Å². The van der Waals surface area contributed by atoms with Crippen LogP contribution in [0.1, 0.15) is 17.4 Å². The molecule has 0 fully saturated rings. The fraction of sp³-hybridized carbons (Fsp3) is 0.250. The predicted molar refractivity (Wildman–Crippen MR) is 40.1 cm³/mol. The average Bonchev–Trinajstić information content (AvgIpc) is 2.10. The summed E-state index contributed by atoms with van der Waals surface area (Å²) >= 11 is 0. The average molecular weight is 187 g/mol. The second-order valence-electron chi connectivity index (χ2n) is 2.18. The first kappa shape index (κ1) is 9.57. The summed E-state index contributed by atoms with van der Waals surface area (Å²) in [7, 11) is 0. The fourth-order valence-electron chi connectivity index (χ4n) is 0.762. The smallest absolute Gasteiger partial charge is 0.360 e. The van der Waals surface area contributed by atoms with E-state index in [-0.39, 0.29) is 6.61 Å². The van der Waals surface area contributed by atoms with Crippen LogP contribution in [0.15, 0.2) is 12.3 Å². The monoisotopic (exact) mass is 187 g/mol. The third-order valence-corrected chi connectivity index (χ3v) is 1.31. The molecule has 0 spiro atoms. The molecule has 0 aliphatic carbocycles. The van der Waals surface area contributed by atoms with Crippen LogP contribution in [0.2, 0.25) is 0 Å². The van der Waals surface area contributed by atoms with Crippen LogP contribution in [0.3, 0.4) is 0 Å². The van der Waals surface area contributed by atoms with Gasteiger partial charge in [0.1, 0.15) is 0 Å². The van der Waals surface area contributed by atoms with Crippen molar-refractivity contribution in [1.82, 2.24) is 4.98 Å². The number of aromatic nitrogens is 1. The Bertz CT molecular complexity index is 328. The van der Waals surface area contributed by atoms with Crippen LogP contribution in [0.25, 0.3) is 0 Å². The fourth-order valence-corrected chi connectivity index (χ4v) is 0.762. The zero-order valence-corrected chi connectivity index (χ0v) is 6.88. The van der Waals surface area contributed by atoms with Crippen LogP contribution in [-0.2, 0) is 4.74 Å². The molecule has 0 aromatic carbocycles. The van der Waals surface area contributed by atoms with E-state index in [0.29, 0.717) is 0 Å². The van der Waals surface area contributed by atoms with Gasteiger partial charge >= 0.3 is 5.97 Å². The zero-order valence-electron chi connectivity index (χ0n) is 6.88. The molecule has 0 unspecified atom stereocenters. The molecule has 1 rings (SSSR count). The van der Waals surface area contributed by atoms with E-state index >= 15 is 0 Å². The second-order valence-corrected chi connectivity index (χ2v) is 2.18. The minimum atomic E-state index is -1.28. The molecule has 0 amide bonds. The van der Waals surface area contributed by atoms with Gasteiger partial charge in [-0.2, -0.15) is 0 Å². The molecule has 1 heterocycles. The molecule has 1 aromatic rings. The summed E-state index contributed by atoms with van der Waals surface area (Å²) in [6.45, 7) is 1.66. The molecule has 0 saturated heterocycles. The third kappa shape index (κ3) is 1.99. The van der Waals surface area contributed by atoms with Crippen LogP contribution < -0.4 is 0 Å². The molecule has 70 valence electrons. The lowest BCUT2D eigenvalue weighted by Gasteiger charge is -2.01. The van der Waals surface area contributed by atoms with E-state index in [9.17, 15) is 13.6 Å². The number of hydrogen-bond acceptors (Lipinski definition) is 3. The van der Waals surface area contributed by atoms with Gasteiger partial charge in [0.25, 0.3) is 0 Å². The summed E-state index contributed by atoms with van der Waals surface area (Å²) in [6.07, 6.45) is 1.00. The maximum absolute atomic E-state index is 12.8. The summed E-state index contributed by atoms with van der Waals surface area (Å²) in [4.78, 5) is 14.3. The lowest BCUT2D eigenvalue weighted by molar-refractivity contribution is 0.0512. The summed E-state index contributed by atoms with van der Waals surface area (Å²) in [6, 6.07) is 0.831. The topological polar surface area (TPSA) is 39.2 Å². The number of rotatable bonds is 2. The number of carbonyl (C=O) groups excluding carboxylic acids is 1. The highest BCUT2D eigenvalue weighted by Crippen LogP contribution is 2.09. The van der Waals surface area contributed by atoms with Crippen molar-refractivity contribution >= 4 is 5.97 Å². The highest BCUT2D eigenvalue weighted by molar-refractivity contribution is 5.87. The van der Waals surface area contributed by atoms with Gasteiger partial charge in [-0.15, -0.1) is 0 Å². The molecular weight excluding hydrogens is 180 g/mol. The van der Waals surface area contributed by atoms with E-state index in [4.69, 9.17) is 0 Å². The van der Waals surface area contributed by atoms with Crippen molar-refractivity contribution < 1.29 is 18.3 Å². The van der Waals surface area contributed by atoms with Crippen molar-refractivity contribution in [2.75, 3.05) is 6.61 Å². The number of carbonyl (C=O) groups is 1. The number of halogens is 2. The summed E-state index contributed by atoms with van der Waals surface area (Å²) in [5.74, 6) is -3.35. The normalized spacial score (nSPS) is 9.77. The van der Waals surface area contributed by atoms with Gasteiger partial charge in [-0.1, -0.05) is 0 Å². The van der Waals surface area contributed by atoms with Crippen molar-refractivity contribution in [3.8, 4) is 0 Å². The molecule has 0 aliphatic heterocycles. The summed E-state index contributed by atoms with van der Waals surface area (Å²) < 4.78 is 29.8. The van der Waals surface area contributed by atoms with Crippen molar-refractivity contribution in [1.29, 1.82) is 0 Å². The van der Waals surface area contributed by atoms with Crippen molar-refractivity contribution in [3.05, 3.63) is 29.6 Å². The Morgan fingerprint density at radius 2 is 2.31 bits per heavy atom. The second kappa shape index (κ2) is 3.93. The lowest BCUT2D eigenvalue weighted by atomic mass is 10.3. The van der Waals surface area contributed by atoms with E-state index in [2.05, 4.69) is 9.72 Å². The SMILES string of the molecule is CCOC(=O)c1nccc(F)c1F. The van der Waals surface area contributed by atoms with Crippen LogP contribution in [0, 0.1) is 11.6 Å². The molecule has 5 heteroatoms. The molecule has 1 aromatic heterocycles. The Morgan fingerprint density at radius 3 is 2.92 bits per heavy atom. The van der Waals surface area contributed by atoms with Gasteiger partial charge in [0, 0.05) is 6.20 Å². The van der Waals surface area contributed by atoms with Gasteiger partial charge in [0.05, 0.1) is 6.61 Å². The Hall–Kier alpha value is -1.52. The standard InChI is InChI=1S/C8H7F2NO2/c1-2-13-8(12)7-6(10)5(9)3-4-11-7/h3-4H,2H2,1H3. The third-order valence-electron chi connectivity index (χ3n) is 1.31. The van der Waals surface area contributed by atoms with Crippen LogP contribution in [-0.4, -0.2) is 17.6 Å². The van der Waals surface area contributed by atoms with Gasteiger partial charge in [0.15, 0.2) is 17.3 Å². The number of nitrogens with zero attached hydrogens (tertiary/aromatic N) is 1. The molecule has 13 heavy (non-hydrogen) atoms. The van der Waals surface area contributed by atoms with E-state index < -0.39 is 23.3 Å². The summed E-state index contributed by atoms with van der Waals surface area (Å²) in [5, 5.41) is 0. The van der Waals surface area contributed by atoms with Crippen LogP contribution in [0.5, 0.6) is 0 Å². The van der Waals surface area contributed by atoms with Gasteiger partial charge in [0.2, 0.25) is 0 Å². The van der Waals surface area contributed by atoms with Crippen molar-refractivity contribution in [3.63, 3.8) is 0 Å². The van der Waals surface area contributed by atoms with Gasteiger partial charge in [-0.05, 0) is 13.0 Å². The predicted octanol–water partition coefficient (Wildman–Crippen LogP) is 1.54. The Kier molecular flexibility index (Phi) is 2.89. The molecule has 0 bridgehead atoms. The Morgan fingerprint density at radius 1 is 1.62 bits per heavy atom. The van der Waals surface area contributed by atoms with E-state index in [1.54, 1.807) is 6.92 Å². The largest absolute Gasteiger partial charge is 0.461 e. The molecule has 3 nitrogen and oxygen atoms in total. The minimum absolute atomic E-state index is 0.0937. The summed E-state index contributed by atoms with van der Waals surface area (Å²) in [5.41, 5.74) is -0.623. The molecule has 0 atom stereocenters. The van der Waals surface area contributed by atoms with Crippen molar-refractivity contribution in [2.24, 2.45) is 0 Å². The first-order valence-electron chi connectivity index (χ1n) is 3.64. The lowest BCUT2D eigenvalue weighted by Crippen LogP contribution is -2.10. The number of pyridine rings is 1. The minimum Gasteiger partial charge on any atom is -0.461 e. The van der Waals surface area contributed by atoms with E-state index in [0.717, 1.165) is 12.3 Å². The van der Waals surface area contributed by atoms with Crippen LogP contribution >= 0.6 is 0 Å². The molecular formula is C8H7F2NO2. The highest BCUT2D eigenvalue weighted by Gasteiger charge is 2.17.